The highest BCUT2D eigenvalue weighted by molar-refractivity contribution is 5.77. The van der Waals surface area contributed by atoms with E-state index in [1.807, 2.05) is 6.07 Å². The SMILES string of the molecule is N[N+]1(C(=O)O)C=CC=CC=C1c1nc2ncccc2[nH]1. The number of carbonyl (C=O) groups is 1. The lowest BCUT2D eigenvalue weighted by Crippen LogP contribution is -2.51. The van der Waals surface area contributed by atoms with E-state index in [-0.39, 0.29) is 0 Å². The number of nitrogens with zero attached hydrogens (tertiary/aromatic N) is 3. The molecule has 0 spiro atoms. The number of nitrogens with one attached hydrogen (secondary N) is 1. The van der Waals surface area contributed by atoms with Gasteiger partial charge in [-0.2, -0.15) is 10.6 Å². The summed E-state index contributed by atoms with van der Waals surface area (Å²) in [5.41, 5.74) is 1.55. The van der Waals surface area contributed by atoms with Gasteiger partial charge in [-0.25, -0.2) is 9.97 Å². The Hall–Kier alpha value is -2.77. The number of rotatable bonds is 1. The first-order valence-electron chi connectivity index (χ1n) is 5.90. The maximum Gasteiger partial charge on any atom is 0.543 e. The maximum absolute atomic E-state index is 11.5. The zero-order chi connectivity index (χ0) is 14.2. The van der Waals surface area contributed by atoms with Crippen LogP contribution in [0.4, 0.5) is 4.79 Å². The van der Waals surface area contributed by atoms with Gasteiger partial charge in [0, 0.05) is 12.3 Å². The summed E-state index contributed by atoms with van der Waals surface area (Å²) < 4.78 is -0.882. The average Bonchev–Trinajstić information content (AvgIpc) is 2.75. The Bertz CT molecular complexity index is 741. The molecule has 0 bridgehead atoms. The molecule has 7 nitrogen and oxygen atoms in total. The molecule has 1 amide bonds. The van der Waals surface area contributed by atoms with Gasteiger partial charge in [-0.05, 0) is 18.2 Å². The molecular weight excluding hydrogens is 258 g/mol. The van der Waals surface area contributed by atoms with Crippen LogP contribution < -0.4 is 5.84 Å². The van der Waals surface area contributed by atoms with Crippen LogP contribution in [-0.4, -0.2) is 30.7 Å². The summed E-state index contributed by atoms with van der Waals surface area (Å²) in [5, 5.41) is 9.40. The Kier molecular flexibility index (Phi) is 2.70. The summed E-state index contributed by atoms with van der Waals surface area (Å²) in [6.45, 7) is 0. The number of hydrogen-bond donors (Lipinski definition) is 3. The van der Waals surface area contributed by atoms with E-state index in [0.29, 0.717) is 17.2 Å². The molecule has 3 heterocycles. The molecule has 1 aliphatic heterocycles. The molecule has 7 heteroatoms. The number of pyridine rings is 1. The maximum atomic E-state index is 11.5. The molecule has 20 heavy (non-hydrogen) atoms. The molecule has 2 aromatic rings. The van der Waals surface area contributed by atoms with E-state index in [2.05, 4.69) is 15.0 Å². The number of hydrogen-bond acceptors (Lipinski definition) is 4. The Morgan fingerprint density at radius 1 is 1.35 bits per heavy atom. The number of quaternary nitrogens is 1. The van der Waals surface area contributed by atoms with Crippen molar-refractivity contribution in [2.75, 3.05) is 0 Å². The van der Waals surface area contributed by atoms with Crippen molar-refractivity contribution >= 4 is 23.0 Å². The highest BCUT2D eigenvalue weighted by Crippen LogP contribution is 2.26. The van der Waals surface area contributed by atoms with Crippen LogP contribution in [0, 0.1) is 0 Å². The summed E-state index contributed by atoms with van der Waals surface area (Å²) in [7, 11) is 0. The summed E-state index contributed by atoms with van der Waals surface area (Å²) >= 11 is 0. The molecule has 0 aromatic carbocycles. The van der Waals surface area contributed by atoms with E-state index in [1.54, 1.807) is 36.6 Å². The number of fused-ring (bicyclic) bond motifs is 1. The molecule has 2 aromatic heterocycles. The third kappa shape index (κ3) is 1.81. The molecule has 0 saturated heterocycles. The smallest absolute Gasteiger partial charge is 0.433 e. The molecule has 0 aliphatic carbocycles. The standard InChI is InChI=1S/C13H11N5O2/c14-18(13(19)20)8-3-1-2-6-10(18)12-16-9-5-4-7-15-11(9)17-12/h1-8H,14H2,(H-,15,16,17,19,20)/p+1. The van der Waals surface area contributed by atoms with E-state index >= 15 is 0 Å². The number of carboxylic acid groups (broad SMARTS) is 1. The van der Waals surface area contributed by atoms with Crippen molar-refractivity contribution in [1.82, 2.24) is 15.0 Å². The number of aromatic nitrogens is 3. The fraction of sp³-hybridized carbons (Fsp3) is 0. The van der Waals surface area contributed by atoms with Gasteiger partial charge >= 0.3 is 6.09 Å². The predicted octanol–water partition coefficient (Wildman–Crippen LogP) is 1.75. The first kappa shape index (κ1) is 12.3. The Morgan fingerprint density at radius 3 is 2.95 bits per heavy atom. The largest absolute Gasteiger partial charge is 0.543 e. The second-order valence-corrected chi connectivity index (χ2v) is 4.30. The van der Waals surface area contributed by atoms with Crippen LogP contribution in [0.2, 0.25) is 0 Å². The molecular formula is C13H12N5O2+. The first-order chi connectivity index (χ1) is 9.61. The van der Waals surface area contributed by atoms with Crippen molar-refractivity contribution < 1.29 is 14.5 Å². The normalized spacial score (nSPS) is 21.8. The minimum Gasteiger partial charge on any atom is -0.433 e. The fourth-order valence-electron chi connectivity index (χ4n) is 1.99. The molecule has 1 atom stereocenters. The third-order valence-electron chi connectivity index (χ3n) is 3.01. The van der Waals surface area contributed by atoms with E-state index in [1.165, 1.54) is 6.20 Å². The molecule has 100 valence electrons. The van der Waals surface area contributed by atoms with Crippen LogP contribution in [0.1, 0.15) is 5.82 Å². The van der Waals surface area contributed by atoms with Crippen LogP contribution in [0.3, 0.4) is 0 Å². The molecule has 1 unspecified atom stereocenters. The van der Waals surface area contributed by atoms with Crippen molar-refractivity contribution in [2.45, 2.75) is 0 Å². The molecule has 0 fully saturated rings. The van der Waals surface area contributed by atoms with Crippen molar-refractivity contribution in [3.05, 3.63) is 54.7 Å². The van der Waals surface area contributed by atoms with Gasteiger partial charge in [-0.15, -0.1) is 0 Å². The molecule has 3 rings (SSSR count). The number of imidazole rings is 1. The lowest BCUT2D eigenvalue weighted by atomic mass is 10.3. The highest BCUT2D eigenvalue weighted by Gasteiger charge is 2.39. The van der Waals surface area contributed by atoms with Crippen LogP contribution in [0.15, 0.2) is 48.8 Å². The lowest BCUT2D eigenvalue weighted by Gasteiger charge is -2.21. The molecule has 0 radical (unpaired) electrons. The highest BCUT2D eigenvalue weighted by atomic mass is 16.4. The minimum atomic E-state index is -1.20. The van der Waals surface area contributed by atoms with Crippen molar-refractivity contribution in [2.24, 2.45) is 5.84 Å². The summed E-state index contributed by atoms with van der Waals surface area (Å²) in [4.78, 5) is 22.9. The van der Waals surface area contributed by atoms with E-state index in [0.717, 1.165) is 5.52 Å². The summed E-state index contributed by atoms with van der Waals surface area (Å²) in [6, 6.07) is 3.58. The average molecular weight is 270 g/mol. The Morgan fingerprint density at radius 2 is 2.20 bits per heavy atom. The number of amides is 1. The van der Waals surface area contributed by atoms with Crippen LogP contribution >= 0.6 is 0 Å². The van der Waals surface area contributed by atoms with E-state index in [4.69, 9.17) is 5.84 Å². The topological polar surface area (TPSA) is 105 Å². The third-order valence-corrected chi connectivity index (χ3v) is 3.01. The van der Waals surface area contributed by atoms with Gasteiger partial charge in [0.1, 0.15) is 6.20 Å². The first-order valence-corrected chi connectivity index (χ1v) is 5.90. The van der Waals surface area contributed by atoms with Gasteiger partial charge in [-0.1, -0.05) is 16.7 Å². The van der Waals surface area contributed by atoms with Gasteiger partial charge in [0.05, 0.1) is 5.52 Å². The Balaban J connectivity index is 2.19. The second kappa shape index (κ2) is 4.41. The van der Waals surface area contributed by atoms with Gasteiger partial charge in [0.25, 0.3) is 0 Å². The summed E-state index contributed by atoms with van der Waals surface area (Å²) in [5.74, 6) is 6.34. The quantitative estimate of drug-likeness (QED) is 0.416. The van der Waals surface area contributed by atoms with Gasteiger partial charge < -0.3 is 10.1 Å². The monoisotopic (exact) mass is 270 g/mol. The molecule has 0 saturated carbocycles. The van der Waals surface area contributed by atoms with Crippen LogP contribution in [0.25, 0.3) is 16.9 Å². The van der Waals surface area contributed by atoms with E-state index in [9.17, 15) is 9.90 Å². The van der Waals surface area contributed by atoms with Gasteiger partial charge in [0.2, 0.25) is 5.70 Å². The lowest BCUT2D eigenvalue weighted by molar-refractivity contribution is -0.742. The number of H-pyrrole nitrogens is 1. The van der Waals surface area contributed by atoms with E-state index < -0.39 is 10.7 Å². The van der Waals surface area contributed by atoms with Crippen molar-refractivity contribution in [3.8, 4) is 0 Å². The van der Waals surface area contributed by atoms with Crippen molar-refractivity contribution in [3.63, 3.8) is 0 Å². The predicted molar refractivity (Wildman–Crippen MR) is 72.6 cm³/mol. The molecule has 1 aliphatic rings. The number of nitrogens with two attached hydrogens (primary N) is 1. The van der Waals surface area contributed by atoms with Crippen LogP contribution in [0.5, 0.6) is 0 Å². The summed E-state index contributed by atoms with van der Waals surface area (Å²) in [6.07, 6.45) is 8.40. The van der Waals surface area contributed by atoms with Gasteiger partial charge in [-0.3, -0.25) is 0 Å². The van der Waals surface area contributed by atoms with Gasteiger partial charge in [0.15, 0.2) is 11.5 Å². The Labute approximate surface area is 113 Å². The second-order valence-electron chi connectivity index (χ2n) is 4.30. The fourth-order valence-corrected chi connectivity index (χ4v) is 1.99. The number of aromatic amines is 1. The zero-order valence-corrected chi connectivity index (χ0v) is 10.4. The molecule has 4 N–H and O–H groups in total. The van der Waals surface area contributed by atoms with Crippen LogP contribution in [-0.2, 0) is 0 Å². The minimum absolute atomic E-state index is 0.320. The number of allylic oxidation sites excluding steroid dienone is 4. The zero-order valence-electron chi connectivity index (χ0n) is 10.4. The van der Waals surface area contributed by atoms with Crippen molar-refractivity contribution in [1.29, 1.82) is 0 Å².